The SMILES string of the molecule is O=C(Nc1ccc(NC(=O)c2ccccc2F)cc1C(F)(F)F)c1csc(Cc2ccccc2)n1. The van der Waals surface area contributed by atoms with Gasteiger partial charge in [0, 0.05) is 17.5 Å². The monoisotopic (exact) mass is 499 g/mol. The van der Waals surface area contributed by atoms with E-state index in [2.05, 4.69) is 15.6 Å². The Labute approximate surface area is 201 Å². The minimum Gasteiger partial charge on any atom is -0.322 e. The van der Waals surface area contributed by atoms with Gasteiger partial charge in [0.05, 0.1) is 21.8 Å². The van der Waals surface area contributed by atoms with Crippen molar-refractivity contribution >= 4 is 34.5 Å². The van der Waals surface area contributed by atoms with Crippen LogP contribution in [0.3, 0.4) is 0 Å². The number of carbonyl (C=O) groups is 2. The Morgan fingerprint density at radius 3 is 2.31 bits per heavy atom. The zero-order valence-corrected chi connectivity index (χ0v) is 18.7. The molecule has 2 N–H and O–H groups in total. The van der Waals surface area contributed by atoms with E-state index in [1.807, 2.05) is 30.3 Å². The molecule has 0 fully saturated rings. The van der Waals surface area contributed by atoms with Crippen LogP contribution in [-0.2, 0) is 12.6 Å². The highest BCUT2D eigenvalue weighted by atomic mass is 32.1. The van der Waals surface area contributed by atoms with Crippen LogP contribution >= 0.6 is 11.3 Å². The number of amides is 2. The van der Waals surface area contributed by atoms with Crippen molar-refractivity contribution in [2.75, 3.05) is 10.6 Å². The summed E-state index contributed by atoms with van der Waals surface area (Å²) >= 11 is 1.23. The molecule has 0 saturated carbocycles. The van der Waals surface area contributed by atoms with E-state index in [4.69, 9.17) is 0 Å². The van der Waals surface area contributed by atoms with Crippen LogP contribution in [0, 0.1) is 5.82 Å². The lowest BCUT2D eigenvalue weighted by Gasteiger charge is -2.15. The first-order chi connectivity index (χ1) is 16.7. The third-order valence-corrected chi connectivity index (χ3v) is 5.78. The van der Waals surface area contributed by atoms with Crippen molar-refractivity contribution in [1.82, 2.24) is 4.98 Å². The number of hydrogen-bond donors (Lipinski definition) is 2. The van der Waals surface area contributed by atoms with Gasteiger partial charge in [-0.2, -0.15) is 13.2 Å². The topological polar surface area (TPSA) is 71.1 Å². The molecule has 1 aromatic heterocycles. The maximum atomic E-state index is 13.8. The Balaban J connectivity index is 1.52. The molecule has 0 saturated heterocycles. The standard InChI is InChI=1S/C25H17F4N3O2S/c26-19-9-5-4-8-17(19)23(33)30-16-10-11-20(18(13-16)25(27,28)29)32-24(34)21-14-35-22(31-21)12-15-6-2-1-3-7-15/h1-11,13-14H,12H2,(H,30,33)(H,32,34). The number of halogens is 4. The minimum absolute atomic E-state index is 0.00834. The van der Waals surface area contributed by atoms with Crippen LogP contribution in [0.4, 0.5) is 28.9 Å². The molecule has 0 radical (unpaired) electrons. The molecule has 178 valence electrons. The maximum absolute atomic E-state index is 13.8. The lowest BCUT2D eigenvalue weighted by Crippen LogP contribution is -2.18. The molecule has 0 bridgehead atoms. The molecule has 0 unspecified atom stereocenters. The number of rotatable bonds is 6. The second kappa shape index (κ2) is 10.1. The number of benzene rings is 3. The minimum atomic E-state index is -4.83. The predicted molar refractivity (Wildman–Crippen MR) is 125 cm³/mol. The van der Waals surface area contributed by atoms with Crippen molar-refractivity contribution in [1.29, 1.82) is 0 Å². The van der Waals surface area contributed by atoms with Gasteiger partial charge >= 0.3 is 6.18 Å². The van der Waals surface area contributed by atoms with Gasteiger partial charge in [0.25, 0.3) is 11.8 Å². The fourth-order valence-electron chi connectivity index (χ4n) is 3.26. The third-order valence-electron chi connectivity index (χ3n) is 4.93. The Hall–Kier alpha value is -4.05. The van der Waals surface area contributed by atoms with Crippen LogP contribution in [-0.4, -0.2) is 16.8 Å². The number of alkyl halides is 3. The third kappa shape index (κ3) is 5.90. The average Bonchev–Trinajstić information content (AvgIpc) is 3.29. The van der Waals surface area contributed by atoms with Gasteiger partial charge in [-0.05, 0) is 35.9 Å². The summed E-state index contributed by atoms with van der Waals surface area (Å²) in [4.78, 5) is 29.1. The van der Waals surface area contributed by atoms with Gasteiger partial charge in [0.2, 0.25) is 0 Å². The van der Waals surface area contributed by atoms with E-state index in [0.29, 0.717) is 17.5 Å². The molecule has 0 aliphatic heterocycles. The summed E-state index contributed by atoms with van der Waals surface area (Å²) < 4.78 is 55.0. The molecule has 5 nitrogen and oxygen atoms in total. The normalized spacial score (nSPS) is 11.2. The molecule has 3 aromatic carbocycles. The lowest BCUT2D eigenvalue weighted by molar-refractivity contribution is -0.136. The van der Waals surface area contributed by atoms with Crippen LogP contribution in [0.25, 0.3) is 0 Å². The van der Waals surface area contributed by atoms with E-state index in [1.54, 1.807) is 0 Å². The summed E-state index contributed by atoms with van der Waals surface area (Å²) in [6.07, 6.45) is -4.34. The van der Waals surface area contributed by atoms with Crippen LogP contribution in [0.1, 0.15) is 37.0 Å². The van der Waals surface area contributed by atoms with Gasteiger partial charge in [-0.1, -0.05) is 42.5 Å². The Morgan fingerprint density at radius 2 is 1.60 bits per heavy atom. The zero-order valence-electron chi connectivity index (χ0n) is 17.9. The number of hydrogen-bond acceptors (Lipinski definition) is 4. The molecule has 0 spiro atoms. The summed E-state index contributed by atoms with van der Waals surface area (Å²) in [7, 11) is 0. The van der Waals surface area contributed by atoms with Gasteiger partial charge in [-0.15, -0.1) is 11.3 Å². The van der Waals surface area contributed by atoms with Crippen molar-refractivity contribution in [3.63, 3.8) is 0 Å². The largest absolute Gasteiger partial charge is 0.418 e. The van der Waals surface area contributed by atoms with Crippen molar-refractivity contribution in [3.8, 4) is 0 Å². The first-order valence-corrected chi connectivity index (χ1v) is 11.2. The van der Waals surface area contributed by atoms with Crippen LogP contribution in [0.2, 0.25) is 0 Å². The van der Waals surface area contributed by atoms with Crippen LogP contribution in [0.5, 0.6) is 0 Å². The van der Waals surface area contributed by atoms with E-state index in [1.165, 1.54) is 41.0 Å². The molecule has 0 aliphatic rings. The van der Waals surface area contributed by atoms with Crippen LogP contribution < -0.4 is 10.6 Å². The number of carbonyl (C=O) groups excluding carboxylic acids is 2. The summed E-state index contributed by atoms with van der Waals surface area (Å²) in [6.45, 7) is 0. The van der Waals surface area contributed by atoms with E-state index in [9.17, 15) is 27.2 Å². The molecule has 0 aliphatic carbocycles. The summed E-state index contributed by atoms with van der Waals surface area (Å²) in [6, 6.07) is 17.4. The Morgan fingerprint density at radius 1 is 0.886 bits per heavy atom. The Kier molecular flexibility index (Phi) is 6.92. The molecule has 0 atom stereocenters. The quantitative estimate of drug-likeness (QED) is 0.302. The van der Waals surface area contributed by atoms with Crippen molar-refractivity contribution < 1.29 is 27.2 Å². The van der Waals surface area contributed by atoms with Gasteiger partial charge in [-0.25, -0.2) is 9.37 Å². The fraction of sp³-hybridized carbons (Fsp3) is 0.0800. The van der Waals surface area contributed by atoms with Crippen molar-refractivity contribution in [2.24, 2.45) is 0 Å². The summed E-state index contributed by atoms with van der Waals surface area (Å²) in [5, 5.41) is 6.61. The second-order valence-electron chi connectivity index (χ2n) is 7.44. The van der Waals surface area contributed by atoms with Gasteiger partial charge in [0.15, 0.2) is 0 Å². The highest BCUT2D eigenvalue weighted by Crippen LogP contribution is 2.37. The summed E-state index contributed by atoms with van der Waals surface area (Å²) in [5.41, 5.74) is -1.20. The number of thiazole rings is 1. The average molecular weight is 499 g/mol. The summed E-state index contributed by atoms with van der Waals surface area (Å²) in [5.74, 6) is -2.50. The predicted octanol–water partition coefficient (Wildman–Crippen LogP) is 6.40. The first-order valence-electron chi connectivity index (χ1n) is 10.3. The highest BCUT2D eigenvalue weighted by molar-refractivity contribution is 7.09. The second-order valence-corrected chi connectivity index (χ2v) is 8.38. The molecule has 4 aromatic rings. The molecule has 4 rings (SSSR count). The lowest BCUT2D eigenvalue weighted by atomic mass is 10.1. The molecule has 2 amide bonds. The smallest absolute Gasteiger partial charge is 0.322 e. The van der Waals surface area contributed by atoms with Gasteiger partial charge in [-0.3, -0.25) is 9.59 Å². The van der Waals surface area contributed by atoms with Crippen molar-refractivity contribution in [2.45, 2.75) is 12.6 Å². The maximum Gasteiger partial charge on any atom is 0.418 e. The Bertz CT molecular complexity index is 1370. The van der Waals surface area contributed by atoms with E-state index < -0.39 is 35.1 Å². The first kappa shape index (κ1) is 24.1. The van der Waals surface area contributed by atoms with Gasteiger partial charge in [0.1, 0.15) is 11.5 Å². The van der Waals surface area contributed by atoms with Crippen molar-refractivity contribution in [3.05, 3.63) is 111 Å². The number of nitrogens with zero attached hydrogens (tertiary/aromatic N) is 1. The van der Waals surface area contributed by atoms with Gasteiger partial charge < -0.3 is 10.6 Å². The molecule has 10 heteroatoms. The molecule has 35 heavy (non-hydrogen) atoms. The molecule has 1 heterocycles. The number of anilines is 2. The molecular weight excluding hydrogens is 482 g/mol. The number of nitrogens with one attached hydrogen (secondary N) is 2. The zero-order chi connectivity index (χ0) is 25.0. The molecular formula is C25H17F4N3O2S. The van der Waals surface area contributed by atoms with E-state index in [-0.39, 0.29) is 16.9 Å². The van der Waals surface area contributed by atoms with Crippen LogP contribution in [0.15, 0.2) is 78.2 Å². The fourth-order valence-corrected chi connectivity index (χ4v) is 4.07. The highest BCUT2D eigenvalue weighted by Gasteiger charge is 2.34. The number of aromatic nitrogens is 1. The van der Waals surface area contributed by atoms with E-state index >= 15 is 0 Å². The van der Waals surface area contributed by atoms with E-state index in [0.717, 1.165) is 17.7 Å².